The Balaban J connectivity index is 2.32. The number of hydrogen-bond donors (Lipinski definition) is 2. The first kappa shape index (κ1) is 12.5. The number of hydrogen-bond acceptors (Lipinski definition) is 2. The maximum Gasteiger partial charge on any atom is 0.223 e. The number of rotatable bonds is 5. The van der Waals surface area contributed by atoms with E-state index in [0.29, 0.717) is 12.5 Å². The molecule has 1 amide bonds. The van der Waals surface area contributed by atoms with E-state index in [1.54, 1.807) is 6.92 Å². The van der Waals surface area contributed by atoms with Gasteiger partial charge in [0.2, 0.25) is 5.91 Å². The molecular weight excluding hydrogens is 190 g/mol. The normalized spacial score (nSPS) is 30.5. The zero-order valence-corrected chi connectivity index (χ0v) is 10.2. The van der Waals surface area contributed by atoms with Gasteiger partial charge in [-0.25, -0.2) is 0 Å². The highest BCUT2D eigenvalue weighted by atomic mass is 16.3. The Morgan fingerprint density at radius 3 is 2.60 bits per heavy atom. The highest BCUT2D eigenvalue weighted by Gasteiger charge is 2.39. The molecule has 4 unspecified atom stereocenters. The zero-order valence-electron chi connectivity index (χ0n) is 10.2. The van der Waals surface area contributed by atoms with Crippen molar-refractivity contribution in [1.82, 2.24) is 5.32 Å². The van der Waals surface area contributed by atoms with Gasteiger partial charge in [-0.1, -0.05) is 27.2 Å². The fourth-order valence-corrected chi connectivity index (χ4v) is 1.70. The van der Waals surface area contributed by atoms with E-state index in [2.05, 4.69) is 12.2 Å². The van der Waals surface area contributed by atoms with Crippen LogP contribution < -0.4 is 5.32 Å². The molecule has 0 aromatic rings. The summed E-state index contributed by atoms with van der Waals surface area (Å²) in [6, 6.07) is 0. The van der Waals surface area contributed by atoms with E-state index in [1.165, 1.54) is 0 Å². The minimum Gasteiger partial charge on any atom is -0.388 e. The minimum atomic E-state index is -0.789. The van der Waals surface area contributed by atoms with Crippen LogP contribution >= 0.6 is 0 Å². The quantitative estimate of drug-likeness (QED) is 0.728. The van der Waals surface area contributed by atoms with Crippen molar-refractivity contribution in [2.45, 2.75) is 46.1 Å². The van der Waals surface area contributed by atoms with E-state index in [-0.39, 0.29) is 17.7 Å². The molecule has 2 N–H and O–H groups in total. The summed E-state index contributed by atoms with van der Waals surface area (Å²) in [6.07, 6.45) is 1.92. The van der Waals surface area contributed by atoms with Crippen LogP contribution in [0.2, 0.25) is 0 Å². The van der Waals surface area contributed by atoms with E-state index in [0.717, 1.165) is 12.8 Å². The number of carbonyl (C=O) groups excluding carboxylic acids is 1. The van der Waals surface area contributed by atoms with E-state index < -0.39 is 5.60 Å². The van der Waals surface area contributed by atoms with Gasteiger partial charge in [-0.15, -0.1) is 0 Å². The molecule has 3 heteroatoms. The molecule has 0 heterocycles. The predicted octanol–water partition coefficient (Wildman–Crippen LogP) is 1.56. The Kier molecular flexibility index (Phi) is 3.77. The molecule has 0 aliphatic heterocycles. The van der Waals surface area contributed by atoms with Crippen LogP contribution in [0.15, 0.2) is 0 Å². The standard InChI is InChI=1S/C12H23NO2/c1-5-9(3)12(4,15)7-13-11(14)10-6-8(10)2/h8-10,15H,5-7H2,1-4H3,(H,13,14). The topological polar surface area (TPSA) is 49.3 Å². The third-order valence-electron chi connectivity index (χ3n) is 3.74. The lowest BCUT2D eigenvalue weighted by Crippen LogP contribution is -2.45. The van der Waals surface area contributed by atoms with Gasteiger partial charge in [0.15, 0.2) is 0 Å². The molecule has 0 aromatic carbocycles. The molecule has 3 nitrogen and oxygen atoms in total. The van der Waals surface area contributed by atoms with Crippen LogP contribution in [0.1, 0.15) is 40.5 Å². The summed E-state index contributed by atoms with van der Waals surface area (Å²) in [4.78, 5) is 11.6. The lowest BCUT2D eigenvalue weighted by molar-refractivity contribution is -0.124. The van der Waals surface area contributed by atoms with E-state index in [4.69, 9.17) is 0 Å². The number of carbonyl (C=O) groups is 1. The van der Waals surface area contributed by atoms with Gasteiger partial charge < -0.3 is 10.4 Å². The molecule has 1 aliphatic rings. The molecular formula is C12H23NO2. The smallest absolute Gasteiger partial charge is 0.223 e. The Morgan fingerprint density at radius 2 is 2.20 bits per heavy atom. The van der Waals surface area contributed by atoms with Gasteiger partial charge >= 0.3 is 0 Å². The lowest BCUT2D eigenvalue weighted by atomic mass is 9.88. The van der Waals surface area contributed by atoms with E-state index in [9.17, 15) is 9.90 Å². The average molecular weight is 213 g/mol. The van der Waals surface area contributed by atoms with Crippen LogP contribution in [0.25, 0.3) is 0 Å². The first-order valence-corrected chi connectivity index (χ1v) is 5.88. The summed E-state index contributed by atoms with van der Waals surface area (Å²) < 4.78 is 0. The van der Waals surface area contributed by atoms with Crippen molar-refractivity contribution in [2.24, 2.45) is 17.8 Å². The Morgan fingerprint density at radius 1 is 1.67 bits per heavy atom. The summed E-state index contributed by atoms with van der Waals surface area (Å²) in [5.41, 5.74) is -0.789. The summed E-state index contributed by atoms with van der Waals surface area (Å²) >= 11 is 0. The molecule has 0 radical (unpaired) electrons. The fourth-order valence-electron chi connectivity index (χ4n) is 1.70. The zero-order chi connectivity index (χ0) is 11.6. The highest BCUT2D eigenvalue weighted by molar-refractivity contribution is 5.81. The number of amides is 1. The van der Waals surface area contributed by atoms with Crippen LogP contribution in [0, 0.1) is 17.8 Å². The molecule has 88 valence electrons. The molecule has 15 heavy (non-hydrogen) atoms. The third kappa shape index (κ3) is 3.20. The van der Waals surface area contributed by atoms with Crippen LogP contribution in [0.4, 0.5) is 0 Å². The summed E-state index contributed by atoms with van der Waals surface area (Å²) in [5, 5.41) is 12.9. The van der Waals surface area contributed by atoms with Crippen molar-refractivity contribution >= 4 is 5.91 Å². The lowest BCUT2D eigenvalue weighted by Gasteiger charge is -2.29. The first-order valence-electron chi connectivity index (χ1n) is 5.88. The molecule has 1 saturated carbocycles. The van der Waals surface area contributed by atoms with Crippen molar-refractivity contribution in [2.75, 3.05) is 6.54 Å². The van der Waals surface area contributed by atoms with Gasteiger partial charge in [-0.05, 0) is 25.2 Å². The van der Waals surface area contributed by atoms with Gasteiger partial charge in [0.1, 0.15) is 0 Å². The fraction of sp³-hybridized carbons (Fsp3) is 0.917. The summed E-state index contributed by atoms with van der Waals surface area (Å²) in [6.45, 7) is 8.29. The second-order valence-electron chi connectivity index (χ2n) is 5.20. The monoisotopic (exact) mass is 213 g/mol. The van der Waals surface area contributed by atoms with Crippen LogP contribution in [0.5, 0.6) is 0 Å². The minimum absolute atomic E-state index is 0.103. The molecule has 4 atom stereocenters. The van der Waals surface area contributed by atoms with Gasteiger partial charge in [0, 0.05) is 12.5 Å². The molecule has 0 aromatic heterocycles. The Hall–Kier alpha value is -0.570. The van der Waals surface area contributed by atoms with E-state index in [1.807, 2.05) is 13.8 Å². The molecule has 1 aliphatic carbocycles. The second-order valence-corrected chi connectivity index (χ2v) is 5.20. The summed E-state index contributed by atoms with van der Waals surface area (Å²) in [7, 11) is 0. The number of aliphatic hydroxyl groups is 1. The first-order chi connectivity index (χ1) is 6.88. The maximum absolute atomic E-state index is 11.6. The van der Waals surface area contributed by atoms with Crippen molar-refractivity contribution in [3.63, 3.8) is 0 Å². The van der Waals surface area contributed by atoms with Gasteiger partial charge in [-0.2, -0.15) is 0 Å². The van der Waals surface area contributed by atoms with Crippen molar-refractivity contribution in [3.05, 3.63) is 0 Å². The largest absolute Gasteiger partial charge is 0.388 e. The van der Waals surface area contributed by atoms with Crippen molar-refractivity contribution in [3.8, 4) is 0 Å². The average Bonchev–Trinajstić information content (AvgIpc) is 2.90. The van der Waals surface area contributed by atoms with Gasteiger partial charge in [-0.3, -0.25) is 4.79 Å². The molecule has 0 bridgehead atoms. The third-order valence-corrected chi connectivity index (χ3v) is 3.74. The Labute approximate surface area is 92.3 Å². The van der Waals surface area contributed by atoms with Crippen molar-refractivity contribution in [1.29, 1.82) is 0 Å². The van der Waals surface area contributed by atoms with Crippen LogP contribution in [0.3, 0.4) is 0 Å². The highest BCUT2D eigenvalue weighted by Crippen LogP contribution is 2.37. The molecule has 1 rings (SSSR count). The molecule has 0 spiro atoms. The Bertz CT molecular complexity index is 238. The van der Waals surface area contributed by atoms with Crippen molar-refractivity contribution < 1.29 is 9.90 Å². The van der Waals surface area contributed by atoms with Crippen LogP contribution in [-0.2, 0) is 4.79 Å². The summed E-state index contributed by atoms with van der Waals surface area (Å²) in [5.74, 6) is 1.02. The molecule has 1 fully saturated rings. The second kappa shape index (κ2) is 4.52. The SMILES string of the molecule is CCC(C)C(C)(O)CNC(=O)C1CC1C. The maximum atomic E-state index is 11.6. The van der Waals surface area contributed by atoms with E-state index >= 15 is 0 Å². The van der Waals surface area contributed by atoms with Gasteiger partial charge in [0.05, 0.1) is 5.60 Å². The number of nitrogens with one attached hydrogen (secondary N) is 1. The van der Waals surface area contributed by atoms with Crippen LogP contribution in [-0.4, -0.2) is 23.2 Å². The van der Waals surface area contributed by atoms with Gasteiger partial charge in [0.25, 0.3) is 0 Å². The predicted molar refractivity (Wildman–Crippen MR) is 60.4 cm³/mol. The molecule has 0 saturated heterocycles.